The Hall–Kier alpha value is -1.85. The molecule has 0 spiro atoms. The number of carbonyl (C=O) groups excluding carboxylic acids is 1. The number of likely N-dealkylation sites (N-methyl/N-ethyl adjacent to an activating group) is 1. The van der Waals surface area contributed by atoms with E-state index in [1.165, 1.54) is 18.2 Å². The Morgan fingerprint density at radius 3 is 2.50 bits per heavy atom. The summed E-state index contributed by atoms with van der Waals surface area (Å²) in [6.07, 6.45) is 1.76. The topological polar surface area (TPSA) is 83.6 Å². The number of hydrogen-bond donors (Lipinski definition) is 1. The summed E-state index contributed by atoms with van der Waals surface area (Å²) in [7, 11) is 1.47. The molecule has 0 saturated heterocycles. The van der Waals surface area contributed by atoms with Crippen LogP contribution in [0.1, 0.15) is 36.3 Å². The van der Waals surface area contributed by atoms with Crippen molar-refractivity contribution < 1.29 is 19.2 Å². The molecule has 1 rings (SSSR count). The third-order valence-electron chi connectivity index (χ3n) is 2.72. The summed E-state index contributed by atoms with van der Waals surface area (Å²) < 4.78 is 4.69. The Labute approximate surface area is 106 Å². The van der Waals surface area contributed by atoms with Crippen LogP contribution in [0.2, 0.25) is 0 Å². The lowest BCUT2D eigenvalue weighted by atomic mass is 10.0. The lowest BCUT2D eigenvalue weighted by Crippen LogP contribution is -2.43. The average Bonchev–Trinajstić information content (AvgIpc) is 2.69. The minimum Gasteiger partial charge on any atom is -0.480 e. The van der Waals surface area contributed by atoms with Gasteiger partial charge in [0.25, 0.3) is 5.91 Å². The monoisotopic (exact) mass is 254 g/mol. The third-order valence-corrected chi connectivity index (χ3v) is 2.72. The Balaban J connectivity index is 2.90. The van der Waals surface area contributed by atoms with E-state index in [-0.39, 0.29) is 11.6 Å². The molecular formula is C12H18N2O4. The summed E-state index contributed by atoms with van der Waals surface area (Å²) in [5.74, 6) is -1.27. The molecule has 0 fully saturated rings. The minimum atomic E-state index is -1.01. The second-order valence-corrected chi connectivity index (χ2v) is 4.75. The molecule has 1 heterocycles. The molecule has 0 aromatic carbocycles. The standard InChI is InChI=1S/C12H18N2O4/c1-7(2)5-9(12(16)17)14(4)11(15)10-8(3)6-18-13-10/h6-7,9H,5H2,1-4H3,(H,16,17). The van der Waals surface area contributed by atoms with Crippen LogP contribution in [0, 0.1) is 12.8 Å². The largest absolute Gasteiger partial charge is 0.480 e. The number of amides is 1. The number of carbonyl (C=O) groups is 2. The van der Waals surface area contributed by atoms with Gasteiger partial charge >= 0.3 is 5.97 Å². The van der Waals surface area contributed by atoms with E-state index in [1.807, 2.05) is 13.8 Å². The quantitative estimate of drug-likeness (QED) is 0.861. The smallest absolute Gasteiger partial charge is 0.326 e. The number of nitrogens with zero attached hydrogens (tertiary/aromatic N) is 2. The highest BCUT2D eigenvalue weighted by Crippen LogP contribution is 2.15. The molecule has 0 aliphatic rings. The minimum absolute atomic E-state index is 0.160. The van der Waals surface area contributed by atoms with E-state index in [9.17, 15) is 14.7 Å². The van der Waals surface area contributed by atoms with Gasteiger partial charge in [-0.25, -0.2) is 4.79 Å². The zero-order valence-electron chi connectivity index (χ0n) is 11.0. The van der Waals surface area contributed by atoms with Gasteiger partial charge in [-0.2, -0.15) is 0 Å². The number of aromatic nitrogens is 1. The molecule has 6 heteroatoms. The molecule has 1 N–H and O–H groups in total. The SMILES string of the molecule is Cc1conc1C(=O)N(C)C(CC(C)C)C(=O)O. The van der Waals surface area contributed by atoms with Crippen LogP contribution in [0.5, 0.6) is 0 Å². The van der Waals surface area contributed by atoms with Crippen LogP contribution in [0.4, 0.5) is 0 Å². The Kier molecular flexibility index (Phi) is 4.47. The number of aryl methyl sites for hydroxylation is 1. The lowest BCUT2D eigenvalue weighted by molar-refractivity contribution is -0.142. The van der Waals surface area contributed by atoms with Crippen molar-refractivity contribution in [3.05, 3.63) is 17.5 Å². The number of carboxylic acids is 1. The van der Waals surface area contributed by atoms with Gasteiger partial charge in [0, 0.05) is 12.6 Å². The van der Waals surface area contributed by atoms with Crippen molar-refractivity contribution in [1.29, 1.82) is 0 Å². The molecule has 0 aliphatic carbocycles. The molecule has 100 valence electrons. The first-order valence-corrected chi connectivity index (χ1v) is 5.75. The van der Waals surface area contributed by atoms with E-state index in [1.54, 1.807) is 6.92 Å². The fourth-order valence-corrected chi connectivity index (χ4v) is 1.67. The maximum absolute atomic E-state index is 12.1. The Bertz CT molecular complexity index is 439. The number of aliphatic carboxylic acids is 1. The highest BCUT2D eigenvalue weighted by atomic mass is 16.5. The summed E-state index contributed by atoms with van der Waals surface area (Å²) in [5, 5.41) is 12.8. The van der Waals surface area contributed by atoms with Crippen LogP contribution >= 0.6 is 0 Å². The summed E-state index contributed by atoms with van der Waals surface area (Å²) in [6.45, 7) is 5.51. The van der Waals surface area contributed by atoms with Crippen LogP contribution in [0.25, 0.3) is 0 Å². The number of hydrogen-bond acceptors (Lipinski definition) is 4. The van der Waals surface area contributed by atoms with Crippen molar-refractivity contribution in [1.82, 2.24) is 10.1 Å². The highest BCUT2D eigenvalue weighted by molar-refractivity contribution is 5.95. The van der Waals surface area contributed by atoms with Crippen molar-refractivity contribution >= 4 is 11.9 Å². The van der Waals surface area contributed by atoms with Gasteiger partial charge in [-0.15, -0.1) is 0 Å². The van der Waals surface area contributed by atoms with E-state index in [2.05, 4.69) is 5.16 Å². The van der Waals surface area contributed by atoms with E-state index >= 15 is 0 Å². The van der Waals surface area contributed by atoms with Crippen LogP contribution in [-0.4, -0.2) is 40.1 Å². The summed E-state index contributed by atoms with van der Waals surface area (Å²) in [6, 6.07) is -0.853. The first-order chi connectivity index (χ1) is 8.34. The van der Waals surface area contributed by atoms with Gasteiger partial charge < -0.3 is 14.5 Å². The van der Waals surface area contributed by atoms with Crippen LogP contribution in [0.15, 0.2) is 10.8 Å². The molecule has 0 bridgehead atoms. The van der Waals surface area contributed by atoms with E-state index in [4.69, 9.17) is 4.52 Å². The molecule has 1 amide bonds. The second kappa shape index (κ2) is 5.66. The third kappa shape index (κ3) is 3.09. The summed E-state index contributed by atoms with van der Waals surface area (Å²) in [4.78, 5) is 24.5. The van der Waals surface area contributed by atoms with Crippen molar-refractivity contribution in [2.24, 2.45) is 5.92 Å². The van der Waals surface area contributed by atoms with E-state index in [0.29, 0.717) is 12.0 Å². The van der Waals surface area contributed by atoms with Gasteiger partial charge in [-0.05, 0) is 19.3 Å². The van der Waals surface area contributed by atoms with E-state index < -0.39 is 17.9 Å². The van der Waals surface area contributed by atoms with Crippen molar-refractivity contribution in [3.8, 4) is 0 Å². The number of carboxylic acid groups (broad SMARTS) is 1. The summed E-state index contributed by atoms with van der Waals surface area (Å²) in [5.41, 5.74) is 0.757. The molecule has 0 radical (unpaired) electrons. The van der Waals surface area contributed by atoms with Crippen LogP contribution < -0.4 is 0 Å². The van der Waals surface area contributed by atoms with Crippen molar-refractivity contribution in [2.45, 2.75) is 33.2 Å². The molecule has 18 heavy (non-hydrogen) atoms. The lowest BCUT2D eigenvalue weighted by Gasteiger charge is -2.25. The highest BCUT2D eigenvalue weighted by Gasteiger charge is 2.29. The van der Waals surface area contributed by atoms with Crippen molar-refractivity contribution in [3.63, 3.8) is 0 Å². The molecular weight excluding hydrogens is 236 g/mol. The Morgan fingerprint density at radius 2 is 2.11 bits per heavy atom. The van der Waals surface area contributed by atoms with Gasteiger partial charge in [0.15, 0.2) is 5.69 Å². The zero-order chi connectivity index (χ0) is 13.9. The molecule has 0 saturated carbocycles. The predicted molar refractivity (Wildman–Crippen MR) is 64.2 cm³/mol. The maximum atomic E-state index is 12.1. The first kappa shape index (κ1) is 14.2. The zero-order valence-corrected chi connectivity index (χ0v) is 11.0. The van der Waals surface area contributed by atoms with Gasteiger partial charge in [0.1, 0.15) is 12.3 Å². The second-order valence-electron chi connectivity index (χ2n) is 4.75. The molecule has 1 atom stereocenters. The first-order valence-electron chi connectivity index (χ1n) is 5.75. The van der Waals surface area contributed by atoms with Gasteiger partial charge in [0.2, 0.25) is 0 Å². The van der Waals surface area contributed by atoms with Gasteiger partial charge in [-0.3, -0.25) is 4.79 Å². The van der Waals surface area contributed by atoms with Gasteiger partial charge in [0.05, 0.1) is 0 Å². The fraction of sp³-hybridized carbons (Fsp3) is 0.583. The number of rotatable bonds is 5. The summed E-state index contributed by atoms with van der Waals surface area (Å²) >= 11 is 0. The van der Waals surface area contributed by atoms with E-state index in [0.717, 1.165) is 0 Å². The molecule has 0 aliphatic heterocycles. The van der Waals surface area contributed by atoms with Gasteiger partial charge in [-0.1, -0.05) is 19.0 Å². The van der Waals surface area contributed by atoms with Crippen molar-refractivity contribution in [2.75, 3.05) is 7.05 Å². The fourth-order valence-electron chi connectivity index (χ4n) is 1.67. The van der Waals surface area contributed by atoms with Crippen LogP contribution in [0.3, 0.4) is 0 Å². The maximum Gasteiger partial charge on any atom is 0.326 e. The molecule has 1 aromatic rings. The Morgan fingerprint density at radius 1 is 1.50 bits per heavy atom. The molecule has 6 nitrogen and oxygen atoms in total. The molecule has 1 aromatic heterocycles. The average molecular weight is 254 g/mol. The molecule has 1 unspecified atom stereocenters. The van der Waals surface area contributed by atoms with Crippen LogP contribution in [-0.2, 0) is 4.79 Å². The predicted octanol–water partition coefficient (Wildman–Crippen LogP) is 1.55. The normalized spacial score (nSPS) is 12.5.